The van der Waals surface area contributed by atoms with Gasteiger partial charge in [0.1, 0.15) is 5.82 Å². The number of hydrogen-bond acceptors (Lipinski definition) is 6. The van der Waals surface area contributed by atoms with Crippen LogP contribution < -0.4 is 4.18 Å². The second-order valence-electron chi connectivity index (χ2n) is 5.66. The molecule has 0 N–H and O–H groups in total. The highest BCUT2D eigenvalue weighted by molar-refractivity contribution is 7.87. The minimum absolute atomic E-state index is 0.00352. The summed E-state index contributed by atoms with van der Waals surface area (Å²) in [5.41, 5.74) is -5.12. The molecule has 1 aromatic carbocycles. The van der Waals surface area contributed by atoms with Crippen LogP contribution in [0.3, 0.4) is 0 Å². The van der Waals surface area contributed by atoms with Crippen molar-refractivity contribution in [1.82, 2.24) is 14.9 Å². The molecule has 1 aromatic heterocycles. The number of nitrogens with zero attached hydrogens (tertiary/aromatic N) is 3. The van der Waals surface area contributed by atoms with Crippen LogP contribution in [0.4, 0.5) is 13.2 Å². The fourth-order valence-corrected chi connectivity index (χ4v) is 3.14. The third-order valence-electron chi connectivity index (χ3n) is 3.69. The van der Waals surface area contributed by atoms with E-state index in [2.05, 4.69) is 14.2 Å². The molecule has 27 heavy (non-hydrogen) atoms. The van der Waals surface area contributed by atoms with E-state index in [0.29, 0.717) is 5.02 Å². The Balaban J connectivity index is 1.92. The lowest BCUT2D eigenvalue weighted by Crippen LogP contribution is -2.29. The molecule has 12 heteroatoms. The maximum absolute atomic E-state index is 12.6. The largest absolute Gasteiger partial charge is 0.534 e. The summed E-state index contributed by atoms with van der Waals surface area (Å²) in [4.78, 5) is 21.6. The van der Waals surface area contributed by atoms with Crippen LogP contribution in [0.2, 0.25) is 5.02 Å². The highest BCUT2D eigenvalue weighted by atomic mass is 35.5. The SMILES string of the molecule is Cc1nc2c(c(OS(=O)(=O)C(F)(F)F)n1)CN(C(=O)c1cccc(Cl)c1)C2. The van der Waals surface area contributed by atoms with Crippen LogP contribution in [-0.4, -0.2) is 34.7 Å². The first-order valence-electron chi connectivity index (χ1n) is 7.40. The Morgan fingerprint density at radius 1 is 1.26 bits per heavy atom. The van der Waals surface area contributed by atoms with Gasteiger partial charge < -0.3 is 9.08 Å². The van der Waals surface area contributed by atoms with Crippen LogP contribution in [0.15, 0.2) is 24.3 Å². The summed E-state index contributed by atoms with van der Waals surface area (Å²) in [6.07, 6.45) is 0. The first kappa shape index (κ1) is 19.4. The van der Waals surface area contributed by atoms with Crippen molar-refractivity contribution >= 4 is 27.6 Å². The van der Waals surface area contributed by atoms with E-state index in [4.69, 9.17) is 11.6 Å². The van der Waals surface area contributed by atoms with Gasteiger partial charge in [-0.3, -0.25) is 4.79 Å². The predicted octanol–water partition coefficient (Wildman–Crippen LogP) is 2.82. The van der Waals surface area contributed by atoms with Gasteiger partial charge in [-0.25, -0.2) is 4.98 Å². The van der Waals surface area contributed by atoms with E-state index in [9.17, 15) is 26.4 Å². The van der Waals surface area contributed by atoms with E-state index in [0.717, 1.165) is 0 Å². The molecule has 0 bridgehead atoms. The first-order valence-corrected chi connectivity index (χ1v) is 9.18. The number of carbonyl (C=O) groups is 1. The molecule has 0 aliphatic carbocycles. The van der Waals surface area contributed by atoms with Crippen molar-refractivity contribution in [3.8, 4) is 5.88 Å². The zero-order valence-electron chi connectivity index (χ0n) is 13.6. The number of carbonyl (C=O) groups excluding carboxylic acids is 1. The maximum Gasteiger partial charge on any atom is 0.534 e. The van der Waals surface area contributed by atoms with E-state index >= 15 is 0 Å². The van der Waals surface area contributed by atoms with Crippen LogP contribution in [0, 0.1) is 6.92 Å². The summed E-state index contributed by atoms with van der Waals surface area (Å²) in [5.74, 6) is -1.17. The van der Waals surface area contributed by atoms with Crippen molar-refractivity contribution in [2.24, 2.45) is 0 Å². The van der Waals surface area contributed by atoms with Crippen LogP contribution >= 0.6 is 11.6 Å². The highest BCUT2D eigenvalue weighted by Crippen LogP contribution is 2.33. The van der Waals surface area contributed by atoms with E-state index in [1.807, 2.05) is 0 Å². The number of aryl methyl sites for hydroxylation is 1. The molecule has 1 aliphatic heterocycles. The molecular formula is C15H11ClF3N3O4S. The van der Waals surface area contributed by atoms with Crippen LogP contribution in [0.5, 0.6) is 5.88 Å². The average Bonchev–Trinajstić information content (AvgIpc) is 2.96. The Morgan fingerprint density at radius 2 is 1.96 bits per heavy atom. The number of alkyl halides is 3. The summed E-state index contributed by atoms with van der Waals surface area (Å²) in [6, 6.07) is 6.13. The molecule has 0 saturated carbocycles. The van der Waals surface area contributed by atoms with E-state index in [1.54, 1.807) is 12.1 Å². The Labute approximate surface area is 156 Å². The predicted molar refractivity (Wildman–Crippen MR) is 87.4 cm³/mol. The fourth-order valence-electron chi connectivity index (χ4n) is 2.51. The van der Waals surface area contributed by atoms with Crippen molar-refractivity contribution < 1.29 is 30.6 Å². The van der Waals surface area contributed by atoms with E-state index in [-0.39, 0.29) is 35.7 Å². The first-order chi connectivity index (χ1) is 12.5. The summed E-state index contributed by atoms with van der Waals surface area (Å²) in [5, 5.41) is 0.341. The molecule has 0 fully saturated rings. The Hall–Kier alpha value is -2.40. The van der Waals surface area contributed by atoms with Gasteiger partial charge in [-0.2, -0.15) is 26.6 Å². The smallest absolute Gasteiger partial charge is 0.355 e. The molecule has 2 heterocycles. The number of halogens is 4. The molecule has 0 atom stereocenters. The lowest BCUT2D eigenvalue weighted by Gasteiger charge is -2.15. The maximum atomic E-state index is 12.6. The lowest BCUT2D eigenvalue weighted by atomic mass is 10.2. The molecule has 0 unspecified atom stereocenters. The number of rotatable bonds is 3. The van der Waals surface area contributed by atoms with Crippen molar-refractivity contribution in [3.05, 3.63) is 51.9 Å². The zero-order valence-corrected chi connectivity index (χ0v) is 15.2. The van der Waals surface area contributed by atoms with Gasteiger partial charge in [0.15, 0.2) is 0 Å². The van der Waals surface area contributed by atoms with Crippen molar-refractivity contribution in [2.45, 2.75) is 25.5 Å². The average molecular weight is 422 g/mol. The quantitative estimate of drug-likeness (QED) is 0.559. The highest BCUT2D eigenvalue weighted by Gasteiger charge is 2.49. The monoisotopic (exact) mass is 421 g/mol. The molecule has 3 rings (SSSR count). The van der Waals surface area contributed by atoms with Crippen molar-refractivity contribution in [2.75, 3.05) is 0 Å². The fraction of sp³-hybridized carbons (Fsp3) is 0.267. The number of hydrogen-bond donors (Lipinski definition) is 0. The van der Waals surface area contributed by atoms with Gasteiger partial charge in [0.2, 0.25) is 5.88 Å². The second-order valence-corrected chi connectivity index (χ2v) is 7.63. The van der Waals surface area contributed by atoms with E-state index < -0.39 is 27.4 Å². The molecular weight excluding hydrogens is 411 g/mol. The Morgan fingerprint density at radius 3 is 2.59 bits per heavy atom. The Bertz CT molecular complexity index is 1030. The molecule has 0 saturated heterocycles. The third-order valence-corrected chi connectivity index (χ3v) is 4.87. The lowest BCUT2D eigenvalue weighted by molar-refractivity contribution is -0.0501. The summed E-state index contributed by atoms with van der Waals surface area (Å²) in [6.45, 7) is 1.13. The molecule has 1 aliphatic rings. The topological polar surface area (TPSA) is 89.5 Å². The van der Waals surface area contributed by atoms with Gasteiger partial charge in [0.25, 0.3) is 5.91 Å². The van der Waals surface area contributed by atoms with Crippen LogP contribution in [0.25, 0.3) is 0 Å². The molecule has 7 nitrogen and oxygen atoms in total. The molecule has 2 aromatic rings. The Kier molecular flexibility index (Phi) is 4.76. The van der Waals surface area contributed by atoms with Gasteiger partial charge in [0.05, 0.1) is 24.3 Å². The molecule has 0 spiro atoms. The van der Waals surface area contributed by atoms with Crippen LogP contribution in [0.1, 0.15) is 27.4 Å². The van der Waals surface area contributed by atoms with Gasteiger partial charge in [-0.15, -0.1) is 0 Å². The van der Waals surface area contributed by atoms with Gasteiger partial charge in [-0.1, -0.05) is 17.7 Å². The number of benzene rings is 1. The number of amides is 1. The third kappa shape index (κ3) is 3.83. The van der Waals surface area contributed by atoms with Crippen LogP contribution in [-0.2, 0) is 23.2 Å². The number of fused-ring (bicyclic) bond motifs is 1. The van der Waals surface area contributed by atoms with E-state index in [1.165, 1.54) is 24.0 Å². The number of aromatic nitrogens is 2. The van der Waals surface area contributed by atoms with Crippen molar-refractivity contribution in [1.29, 1.82) is 0 Å². The minimum Gasteiger partial charge on any atom is -0.355 e. The normalized spacial score (nSPS) is 14.2. The summed E-state index contributed by atoms with van der Waals surface area (Å²) < 4.78 is 64.6. The minimum atomic E-state index is -5.90. The molecule has 1 amide bonds. The van der Waals surface area contributed by atoms with Gasteiger partial charge in [-0.05, 0) is 25.1 Å². The molecule has 144 valence electrons. The van der Waals surface area contributed by atoms with Gasteiger partial charge >= 0.3 is 15.6 Å². The van der Waals surface area contributed by atoms with Crippen molar-refractivity contribution in [3.63, 3.8) is 0 Å². The summed E-state index contributed by atoms with van der Waals surface area (Å²) in [7, 11) is -5.90. The standard InChI is InChI=1S/C15H11ClF3N3O4S/c1-8-20-12-7-22(14(23)9-3-2-4-10(16)5-9)6-11(12)13(21-8)26-27(24,25)15(17,18)19/h2-5H,6-7H2,1H3. The zero-order chi connectivity index (χ0) is 20.0. The molecule has 0 radical (unpaired) electrons. The second kappa shape index (κ2) is 6.64. The van der Waals surface area contributed by atoms with Gasteiger partial charge in [0, 0.05) is 10.6 Å². The summed E-state index contributed by atoms with van der Waals surface area (Å²) >= 11 is 5.86.